The molecule has 1 atom stereocenters. The average Bonchev–Trinajstić information content (AvgIpc) is 3.02. The van der Waals surface area contributed by atoms with Crippen LogP contribution >= 0.6 is 11.6 Å². The number of carbonyl (C=O) groups excluding carboxylic acids is 1. The minimum atomic E-state index is -5.09. The molecular weight excluding hydrogens is 393 g/mol. The Morgan fingerprint density at radius 1 is 1.25 bits per heavy atom. The van der Waals surface area contributed by atoms with E-state index in [0.717, 1.165) is 12.0 Å². The Kier molecular flexibility index (Phi) is 5.25. The highest BCUT2D eigenvalue weighted by atomic mass is 35.5. The van der Waals surface area contributed by atoms with Gasteiger partial charge in [0, 0.05) is 10.6 Å². The Balaban J connectivity index is 2.03. The standard InChI is InChI=1S/C20H18ClF3N2O2/c1-3-13-5-8-14(9-6-13)17-11-19(28,20(22,23)24)26(25-17)18(27)15-7-4-12(2)16(21)10-15/h4-10,28H,3,11H2,1-2H3/t19-/m1/s1. The van der Waals surface area contributed by atoms with Crippen LogP contribution in [0.2, 0.25) is 5.02 Å². The number of hydrogen-bond acceptors (Lipinski definition) is 3. The fourth-order valence-electron chi connectivity index (χ4n) is 2.92. The summed E-state index contributed by atoms with van der Waals surface area (Å²) in [6.07, 6.45) is -5.17. The number of hydrazone groups is 1. The molecule has 0 unspecified atom stereocenters. The minimum Gasteiger partial charge on any atom is -0.362 e. The van der Waals surface area contributed by atoms with Crippen molar-refractivity contribution in [3.05, 3.63) is 69.7 Å². The van der Waals surface area contributed by atoms with E-state index in [1.54, 1.807) is 31.2 Å². The Bertz CT molecular complexity index is 941. The van der Waals surface area contributed by atoms with Crippen LogP contribution in [0.25, 0.3) is 0 Å². The molecular formula is C20H18ClF3N2O2. The van der Waals surface area contributed by atoms with Crippen molar-refractivity contribution in [3.63, 3.8) is 0 Å². The first-order chi connectivity index (χ1) is 13.1. The molecule has 0 radical (unpaired) electrons. The summed E-state index contributed by atoms with van der Waals surface area (Å²) in [7, 11) is 0. The Morgan fingerprint density at radius 2 is 1.89 bits per heavy atom. The first-order valence-electron chi connectivity index (χ1n) is 8.63. The molecule has 2 aromatic rings. The molecule has 8 heteroatoms. The topological polar surface area (TPSA) is 52.9 Å². The fraction of sp³-hybridized carbons (Fsp3) is 0.300. The Labute approximate surface area is 165 Å². The van der Waals surface area contributed by atoms with E-state index in [4.69, 9.17) is 11.6 Å². The molecule has 1 aliphatic rings. The summed E-state index contributed by atoms with van der Waals surface area (Å²) in [6, 6.07) is 10.9. The van der Waals surface area contributed by atoms with Crippen LogP contribution in [0.1, 0.15) is 40.4 Å². The van der Waals surface area contributed by atoms with Crippen molar-refractivity contribution >= 4 is 23.2 Å². The van der Waals surface area contributed by atoms with Gasteiger partial charge in [-0.3, -0.25) is 4.79 Å². The number of amides is 1. The molecule has 0 aromatic heterocycles. The number of carbonyl (C=O) groups is 1. The predicted octanol–water partition coefficient (Wildman–Crippen LogP) is 4.71. The highest BCUT2D eigenvalue weighted by Gasteiger charge is 2.63. The van der Waals surface area contributed by atoms with Crippen LogP contribution < -0.4 is 0 Å². The third-order valence-electron chi connectivity index (χ3n) is 4.75. The van der Waals surface area contributed by atoms with Gasteiger partial charge in [-0.05, 0) is 42.2 Å². The number of aryl methyl sites for hydroxylation is 2. The molecule has 3 rings (SSSR count). The third kappa shape index (κ3) is 3.52. The van der Waals surface area contributed by atoms with Crippen molar-refractivity contribution < 1.29 is 23.1 Å². The average molecular weight is 411 g/mol. The van der Waals surface area contributed by atoms with E-state index < -0.39 is 24.2 Å². The number of rotatable bonds is 3. The molecule has 1 aliphatic heterocycles. The van der Waals surface area contributed by atoms with Gasteiger partial charge in [0.1, 0.15) is 0 Å². The number of nitrogens with zero attached hydrogens (tertiary/aromatic N) is 2. The largest absolute Gasteiger partial charge is 0.438 e. The van der Waals surface area contributed by atoms with Crippen molar-refractivity contribution in [2.24, 2.45) is 5.10 Å². The van der Waals surface area contributed by atoms with E-state index in [1.165, 1.54) is 18.2 Å². The van der Waals surface area contributed by atoms with Gasteiger partial charge in [-0.1, -0.05) is 48.9 Å². The number of benzene rings is 2. The van der Waals surface area contributed by atoms with Crippen LogP contribution in [0, 0.1) is 6.92 Å². The molecule has 148 valence electrons. The van der Waals surface area contributed by atoms with Gasteiger partial charge in [0.25, 0.3) is 11.6 Å². The second kappa shape index (κ2) is 7.22. The van der Waals surface area contributed by atoms with Gasteiger partial charge in [0.15, 0.2) is 0 Å². The maximum Gasteiger partial charge on any atom is 0.438 e. The molecule has 0 spiro atoms. The van der Waals surface area contributed by atoms with E-state index in [0.29, 0.717) is 11.1 Å². The Hall–Kier alpha value is -2.38. The lowest BCUT2D eigenvalue weighted by atomic mass is 9.99. The minimum absolute atomic E-state index is 0.0194. The van der Waals surface area contributed by atoms with Crippen LogP contribution in [-0.2, 0) is 6.42 Å². The van der Waals surface area contributed by atoms with Gasteiger partial charge in [-0.2, -0.15) is 23.3 Å². The third-order valence-corrected chi connectivity index (χ3v) is 5.15. The normalized spacial score (nSPS) is 19.7. The monoisotopic (exact) mass is 410 g/mol. The van der Waals surface area contributed by atoms with Crippen LogP contribution in [0.3, 0.4) is 0 Å². The number of halogens is 4. The molecule has 1 heterocycles. The zero-order valence-electron chi connectivity index (χ0n) is 15.2. The van der Waals surface area contributed by atoms with Crippen molar-refractivity contribution in [1.82, 2.24) is 5.01 Å². The second-order valence-electron chi connectivity index (χ2n) is 6.67. The van der Waals surface area contributed by atoms with Crippen molar-refractivity contribution in [2.75, 3.05) is 0 Å². The van der Waals surface area contributed by atoms with Crippen LogP contribution in [0.5, 0.6) is 0 Å². The quantitative estimate of drug-likeness (QED) is 0.796. The number of hydrogen-bond donors (Lipinski definition) is 1. The first-order valence-corrected chi connectivity index (χ1v) is 9.01. The van der Waals surface area contributed by atoms with Crippen LogP contribution in [0.15, 0.2) is 47.6 Å². The van der Waals surface area contributed by atoms with Gasteiger partial charge < -0.3 is 5.11 Å². The first kappa shape index (κ1) is 20.4. The molecule has 0 fully saturated rings. The molecule has 1 N–H and O–H groups in total. The summed E-state index contributed by atoms with van der Waals surface area (Å²) in [5, 5.41) is 14.6. The molecule has 0 saturated heterocycles. The van der Waals surface area contributed by atoms with E-state index in [1.807, 2.05) is 6.92 Å². The van der Waals surface area contributed by atoms with E-state index in [9.17, 15) is 23.1 Å². The smallest absolute Gasteiger partial charge is 0.362 e. The maximum atomic E-state index is 13.7. The molecule has 0 bridgehead atoms. The fourth-order valence-corrected chi connectivity index (χ4v) is 3.10. The summed E-state index contributed by atoms with van der Waals surface area (Å²) in [4.78, 5) is 12.8. The molecule has 4 nitrogen and oxygen atoms in total. The molecule has 2 aromatic carbocycles. The molecule has 1 amide bonds. The summed E-state index contributed by atoms with van der Waals surface area (Å²) in [5.41, 5.74) is -1.45. The van der Waals surface area contributed by atoms with E-state index in [2.05, 4.69) is 5.10 Å². The molecule has 0 saturated carbocycles. The molecule has 0 aliphatic carbocycles. The highest BCUT2D eigenvalue weighted by Crippen LogP contribution is 2.42. The van der Waals surface area contributed by atoms with E-state index in [-0.39, 0.29) is 21.3 Å². The summed E-state index contributed by atoms with van der Waals surface area (Å²) < 4.78 is 41.0. The van der Waals surface area contributed by atoms with Gasteiger partial charge >= 0.3 is 6.18 Å². The van der Waals surface area contributed by atoms with Gasteiger partial charge in [-0.25, -0.2) is 0 Å². The number of alkyl halides is 3. The van der Waals surface area contributed by atoms with Crippen LogP contribution in [-0.4, -0.2) is 33.6 Å². The predicted molar refractivity (Wildman–Crippen MR) is 100 cm³/mol. The summed E-state index contributed by atoms with van der Waals surface area (Å²) in [5.74, 6) is -1.08. The Morgan fingerprint density at radius 3 is 2.43 bits per heavy atom. The maximum absolute atomic E-state index is 13.7. The number of aliphatic hydroxyl groups is 1. The lowest BCUT2D eigenvalue weighted by Gasteiger charge is -2.32. The van der Waals surface area contributed by atoms with Gasteiger partial charge in [0.2, 0.25) is 0 Å². The zero-order valence-corrected chi connectivity index (χ0v) is 16.0. The second-order valence-corrected chi connectivity index (χ2v) is 7.08. The SMILES string of the molecule is CCc1ccc(C2=NN(C(=O)c3ccc(C)c(Cl)c3)[C@](O)(C(F)(F)F)C2)cc1. The van der Waals surface area contributed by atoms with Crippen molar-refractivity contribution in [2.45, 2.75) is 38.6 Å². The lowest BCUT2D eigenvalue weighted by molar-refractivity contribution is -0.297. The molecule has 28 heavy (non-hydrogen) atoms. The highest BCUT2D eigenvalue weighted by molar-refractivity contribution is 6.31. The summed E-state index contributed by atoms with van der Waals surface area (Å²) >= 11 is 5.99. The summed E-state index contributed by atoms with van der Waals surface area (Å²) in [6.45, 7) is 3.66. The van der Waals surface area contributed by atoms with Crippen LogP contribution in [0.4, 0.5) is 13.2 Å². The van der Waals surface area contributed by atoms with Crippen molar-refractivity contribution in [3.8, 4) is 0 Å². The lowest BCUT2D eigenvalue weighted by Crippen LogP contribution is -2.56. The zero-order chi connectivity index (χ0) is 20.7. The van der Waals surface area contributed by atoms with Crippen molar-refractivity contribution in [1.29, 1.82) is 0 Å². The van der Waals surface area contributed by atoms with E-state index >= 15 is 0 Å². The van der Waals surface area contributed by atoms with Gasteiger partial charge in [-0.15, -0.1) is 0 Å². The van der Waals surface area contributed by atoms with Gasteiger partial charge in [0.05, 0.1) is 12.1 Å².